The average molecular weight is 357 g/mol. The molecule has 3 aliphatic rings. The van der Waals surface area contributed by atoms with Crippen LogP contribution in [0.3, 0.4) is 0 Å². The van der Waals surface area contributed by atoms with Gasteiger partial charge in [0.2, 0.25) is 0 Å². The first-order chi connectivity index (χ1) is 12.5. The van der Waals surface area contributed by atoms with Gasteiger partial charge in [-0.15, -0.1) is 5.10 Å². The number of likely N-dealkylation sites (tertiary alicyclic amines) is 2. The van der Waals surface area contributed by atoms with Crippen LogP contribution in [0.25, 0.3) is 5.52 Å². The van der Waals surface area contributed by atoms with Crippen molar-refractivity contribution in [3.63, 3.8) is 0 Å². The molecule has 7 nitrogen and oxygen atoms in total. The topological polar surface area (TPSA) is 70.8 Å². The van der Waals surface area contributed by atoms with E-state index in [-0.39, 0.29) is 23.7 Å². The maximum Gasteiger partial charge on any atom is 0.274 e. The van der Waals surface area contributed by atoms with Crippen molar-refractivity contribution in [1.82, 2.24) is 24.6 Å². The number of carbonyl (C=O) groups excluding carboxylic acids is 2. The molecule has 136 valence electrons. The van der Waals surface area contributed by atoms with Gasteiger partial charge in [-0.25, -0.2) is 4.39 Å². The van der Waals surface area contributed by atoms with E-state index < -0.39 is 5.67 Å². The Hall–Kier alpha value is -2.51. The molecule has 4 heterocycles. The lowest BCUT2D eigenvalue weighted by molar-refractivity contribution is -0.149. The van der Waals surface area contributed by atoms with Crippen molar-refractivity contribution in [1.29, 1.82) is 0 Å². The Labute approximate surface area is 149 Å². The van der Waals surface area contributed by atoms with Gasteiger partial charge in [0, 0.05) is 44.2 Å². The molecular weight excluding hydrogens is 337 g/mol. The first-order valence-electron chi connectivity index (χ1n) is 9.12. The molecule has 2 saturated heterocycles. The molecule has 2 aromatic rings. The lowest BCUT2D eigenvalue weighted by atomic mass is 9.81. The van der Waals surface area contributed by atoms with E-state index in [0.29, 0.717) is 44.7 Å². The number of alkyl halides is 1. The van der Waals surface area contributed by atoms with Gasteiger partial charge in [0.25, 0.3) is 11.8 Å². The fourth-order valence-corrected chi connectivity index (χ4v) is 4.41. The number of halogens is 1. The second-order valence-electron chi connectivity index (χ2n) is 7.73. The van der Waals surface area contributed by atoms with Crippen molar-refractivity contribution in [3.8, 4) is 0 Å². The molecule has 2 aliphatic heterocycles. The number of hydrogen-bond donors (Lipinski definition) is 0. The number of nitrogens with zero attached hydrogens (tertiary/aromatic N) is 5. The van der Waals surface area contributed by atoms with Crippen molar-refractivity contribution in [2.75, 3.05) is 26.2 Å². The fraction of sp³-hybridized carbons (Fsp3) is 0.556. The highest BCUT2D eigenvalue weighted by Gasteiger charge is 2.51. The highest BCUT2D eigenvalue weighted by atomic mass is 19.1. The number of fused-ring (bicyclic) bond motifs is 2. The second kappa shape index (κ2) is 5.49. The summed E-state index contributed by atoms with van der Waals surface area (Å²) >= 11 is 0. The number of aromatic nitrogens is 3. The van der Waals surface area contributed by atoms with Crippen LogP contribution in [0, 0.1) is 11.8 Å². The van der Waals surface area contributed by atoms with Crippen LogP contribution in [0.5, 0.6) is 0 Å². The SMILES string of the molecule is O=C(c1cc2cccnn2n1)N1C[C@@H]2CN(C(=O)C3(F)CCC3)C[C@@H]2C1. The van der Waals surface area contributed by atoms with Crippen molar-refractivity contribution >= 4 is 17.3 Å². The zero-order chi connectivity index (χ0) is 17.9. The third-order valence-corrected chi connectivity index (χ3v) is 6.06. The molecule has 2 aromatic heterocycles. The normalized spacial score (nSPS) is 26.8. The summed E-state index contributed by atoms with van der Waals surface area (Å²) in [6.45, 7) is 2.28. The maximum atomic E-state index is 14.4. The van der Waals surface area contributed by atoms with E-state index in [1.165, 1.54) is 4.63 Å². The Balaban J connectivity index is 1.26. The third-order valence-electron chi connectivity index (χ3n) is 6.06. The largest absolute Gasteiger partial charge is 0.339 e. The molecule has 0 unspecified atom stereocenters. The molecular formula is C18H20FN5O2. The molecule has 0 radical (unpaired) electrons. The Morgan fingerprint density at radius 3 is 2.42 bits per heavy atom. The van der Waals surface area contributed by atoms with Gasteiger partial charge in [-0.3, -0.25) is 9.59 Å². The van der Waals surface area contributed by atoms with Crippen molar-refractivity contribution in [2.45, 2.75) is 24.9 Å². The minimum Gasteiger partial charge on any atom is -0.339 e. The van der Waals surface area contributed by atoms with Crippen LogP contribution in [0.1, 0.15) is 29.8 Å². The summed E-state index contributed by atoms with van der Waals surface area (Å²) < 4.78 is 15.8. The molecule has 2 amide bonds. The molecule has 3 fully saturated rings. The van der Waals surface area contributed by atoms with Crippen LogP contribution in [0.4, 0.5) is 4.39 Å². The van der Waals surface area contributed by atoms with Crippen LogP contribution in [0.15, 0.2) is 24.4 Å². The first kappa shape index (κ1) is 15.7. The van der Waals surface area contributed by atoms with Crippen LogP contribution >= 0.6 is 0 Å². The Kier molecular flexibility index (Phi) is 3.32. The minimum absolute atomic E-state index is 0.108. The molecule has 0 bridgehead atoms. The zero-order valence-electron chi connectivity index (χ0n) is 14.3. The van der Waals surface area contributed by atoms with Gasteiger partial charge in [-0.1, -0.05) is 0 Å². The lowest BCUT2D eigenvalue weighted by Gasteiger charge is -2.36. The van der Waals surface area contributed by atoms with E-state index in [1.54, 1.807) is 28.1 Å². The van der Waals surface area contributed by atoms with E-state index >= 15 is 0 Å². The first-order valence-corrected chi connectivity index (χ1v) is 9.12. The molecule has 8 heteroatoms. The number of amides is 2. The zero-order valence-corrected chi connectivity index (χ0v) is 14.3. The maximum absolute atomic E-state index is 14.4. The van der Waals surface area contributed by atoms with Gasteiger partial charge < -0.3 is 9.80 Å². The van der Waals surface area contributed by atoms with Crippen molar-refractivity contribution in [2.24, 2.45) is 11.8 Å². The molecule has 0 N–H and O–H groups in total. The van der Waals surface area contributed by atoms with Crippen molar-refractivity contribution in [3.05, 3.63) is 30.1 Å². The summed E-state index contributed by atoms with van der Waals surface area (Å²) in [5.41, 5.74) is -0.466. The lowest BCUT2D eigenvalue weighted by Crippen LogP contribution is -2.50. The highest BCUT2D eigenvalue weighted by molar-refractivity contribution is 5.94. The molecule has 5 rings (SSSR count). The molecule has 26 heavy (non-hydrogen) atoms. The summed E-state index contributed by atoms with van der Waals surface area (Å²) in [6, 6.07) is 5.39. The van der Waals surface area contributed by atoms with Gasteiger partial charge in [0.15, 0.2) is 11.4 Å². The fourth-order valence-electron chi connectivity index (χ4n) is 4.41. The summed E-state index contributed by atoms with van der Waals surface area (Å²) in [5, 5.41) is 8.33. The van der Waals surface area contributed by atoms with Crippen molar-refractivity contribution < 1.29 is 14.0 Å². The molecule has 1 saturated carbocycles. The van der Waals surface area contributed by atoms with Gasteiger partial charge in [0.05, 0.1) is 5.52 Å². The minimum atomic E-state index is -1.63. The molecule has 0 aromatic carbocycles. The standard InChI is InChI=1S/C18H20FN5O2/c19-18(4-2-5-18)17(26)23-10-12-8-22(9-13(12)11-23)16(25)15-7-14-3-1-6-20-24(14)21-15/h1,3,6-7,12-13H,2,4-5,8-11H2/t12-,13+. The third kappa shape index (κ3) is 2.31. The number of carbonyl (C=O) groups is 2. The van der Waals surface area contributed by atoms with E-state index in [0.717, 1.165) is 11.9 Å². The highest BCUT2D eigenvalue weighted by Crippen LogP contribution is 2.40. The Morgan fingerprint density at radius 2 is 1.81 bits per heavy atom. The number of hydrogen-bond acceptors (Lipinski definition) is 4. The predicted octanol–water partition coefficient (Wildman–Crippen LogP) is 1.15. The van der Waals surface area contributed by atoms with Gasteiger partial charge in [-0.2, -0.15) is 9.73 Å². The predicted molar refractivity (Wildman–Crippen MR) is 90.1 cm³/mol. The van der Waals surface area contributed by atoms with Gasteiger partial charge in [-0.05, 0) is 37.5 Å². The monoisotopic (exact) mass is 357 g/mol. The summed E-state index contributed by atoms with van der Waals surface area (Å²) in [6.07, 6.45) is 3.12. The molecule has 1 aliphatic carbocycles. The Bertz CT molecular complexity index is 846. The average Bonchev–Trinajstić information content (AvgIpc) is 3.30. The quantitative estimate of drug-likeness (QED) is 0.808. The van der Waals surface area contributed by atoms with Crippen LogP contribution in [-0.2, 0) is 4.79 Å². The van der Waals surface area contributed by atoms with E-state index in [1.807, 2.05) is 6.07 Å². The van der Waals surface area contributed by atoms with E-state index in [4.69, 9.17) is 0 Å². The molecule has 2 atom stereocenters. The van der Waals surface area contributed by atoms with Gasteiger partial charge in [0.1, 0.15) is 0 Å². The van der Waals surface area contributed by atoms with Crippen LogP contribution in [-0.4, -0.2) is 68.3 Å². The second-order valence-corrected chi connectivity index (χ2v) is 7.73. The Morgan fingerprint density at radius 1 is 1.12 bits per heavy atom. The van der Waals surface area contributed by atoms with E-state index in [2.05, 4.69) is 10.2 Å². The van der Waals surface area contributed by atoms with Gasteiger partial charge >= 0.3 is 0 Å². The summed E-state index contributed by atoms with van der Waals surface area (Å²) in [5.74, 6) is -0.00495. The molecule has 0 spiro atoms. The summed E-state index contributed by atoms with van der Waals surface area (Å²) in [7, 11) is 0. The van der Waals surface area contributed by atoms with Crippen LogP contribution in [0.2, 0.25) is 0 Å². The van der Waals surface area contributed by atoms with E-state index in [9.17, 15) is 14.0 Å². The smallest absolute Gasteiger partial charge is 0.274 e. The number of rotatable bonds is 2. The summed E-state index contributed by atoms with van der Waals surface area (Å²) in [4.78, 5) is 28.6. The van der Waals surface area contributed by atoms with Crippen LogP contribution < -0.4 is 0 Å².